The lowest BCUT2D eigenvalue weighted by Crippen LogP contribution is -2.48. The Bertz CT molecular complexity index is 522. The Morgan fingerprint density at radius 3 is 2.35 bits per heavy atom. The van der Waals surface area contributed by atoms with E-state index in [2.05, 4.69) is 0 Å². The van der Waals surface area contributed by atoms with Gasteiger partial charge in [-0.25, -0.2) is 4.79 Å². The zero-order valence-corrected chi connectivity index (χ0v) is 12.2. The molecule has 0 aromatic heterocycles. The fraction of sp³-hybridized carbons (Fsp3) is 0.500. The van der Waals surface area contributed by atoms with E-state index < -0.39 is 22.0 Å². The van der Waals surface area contributed by atoms with Crippen LogP contribution in [-0.4, -0.2) is 16.5 Å². The average Bonchev–Trinajstić information content (AvgIpc) is 2.35. The molecule has 0 saturated carbocycles. The Balaban J connectivity index is 3.31. The monoisotopic (exact) mass is 280 g/mol. The maximum atomic E-state index is 12.3. The molecular formula is C14H20N2O4. The molecular weight excluding hydrogens is 260 g/mol. The second kappa shape index (κ2) is 5.58. The highest BCUT2D eigenvalue weighted by Gasteiger charge is 2.42. The standard InChI is InChI=1S/C14H20N2O4/c1-5-14(15,12(17)20-13(2,3)4)10-8-6-7-9-11(10)16(18)19/h6-9H,5,15H2,1-4H3/t14-/m0/s1. The maximum Gasteiger partial charge on any atom is 0.331 e. The van der Waals surface area contributed by atoms with Crippen LogP contribution in [-0.2, 0) is 15.1 Å². The first-order chi connectivity index (χ1) is 9.12. The van der Waals surface area contributed by atoms with E-state index in [0.29, 0.717) is 0 Å². The van der Waals surface area contributed by atoms with Gasteiger partial charge in [0.1, 0.15) is 11.1 Å². The van der Waals surface area contributed by atoms with Crippen LogP contribution in [0.2, 0.25) is 0 Å². The Morgan fingerprint density at radius 1 is 1.35 bits per heavy atom. The van der Waals surface area contributed by atoms with E-state index in [4.69, 9.17) is 10.5 Å². The van der Waals surface area contributed by atoms with Crippen LogP contribution in [0.15, 0.2) is 24.3 Å². The van der Waals surface area contributed by atoms with Gasteiger partial charge in [-0.1, -0.05) is 19.1 Å². The predicted octanol–water partition coefficient (Wildman–Crippen LogP) is 2.50. The van der Waals surface area contributed by atoms with Gasteiger partial charge in [-0.2, -0.15) is 0 Å². The lowest BCUT2D eigenvalue weighted by Gasteiger charge is -2.30. The number of nitro benzene ring substituents is 1. The highest BCUT2D eigenvalue weighted by Crippen LogP contribution is 2.32. The zero-order chi connectivity index (χ0) is 15.6. The molecule has 1 aromatic rings. The van der Waals surface area contributed by atoms with Gasteiger partial charge < -0.3 is 10.5 Å². The SMILES string of the molecule is CC[C@@](N)(C(=O)OC(C)(C)C)c1ccccc1[N+](=O)[O-]. The topological polar surface area (TPSA) is 95.5 Å². The van der Waals surface area contributed by atoms with Crippen molar-refractivity contribution in [1.82, 2.24) is 0 Å². The first-order valence-corrected chi connectivity index (χ1v) is 6.38. The first-order valence-electron chi connectivity index (χ1n) is 6.38. The summed E-state index contributed by atoms with van der Waals surface area (Å²) >= 11 is 0. The Kier molecular flexibility index (Phi) is 4.50. The van der Waals surface area contributed by atoms with Gasteiger partial charge in [-0.15, -0.1) is 0 Å². The van der Waals surface area contributed by atoms with E-state index in [9.17, 15) is 14.9 Å². The van der Waals surface area contributed by atoms with Crippen molar-refractivity contribution in [2.75, 3.05) is 0 Å². The number of ether oxygens (including phenoxy) is 1. The van der Waals surface area contributed by atoms with Gasteiger partial charge in [-0.3, -0.25) is 10.1 Å². The van der Waals surface area contributed by atoms with Crippen LogP contribution in [0, 0.1) is 10.1 Å². The van der Waals surface area contributed by atoms with Crippen molar-refractivity contribution in [2.45, 2.75) is 45.3 Å². The largest absolute Gasteiger partial charge is 0.458 e. The summed E-state index contributed by atoms with van der Waals surface area (Å²) in [4.78, 5) is 22.9. The molecule has 0 aliphatic heterocycles. The van der Waals surface area contributed by atoms with Crippen LogP contribution in [0.1, 0.15) is 39.7 Å². The van der Waals surface area contributed by atoms with Gasteiger partial charge in [-0.05, 0) is 33.3 Å². The summed E-state index contributed by atoms with van der Waals surface area (Å²) in [5, 5.41) is 11.1. The fourth-order valence-corrected chi connectivity index (χ4v) is 1.82. The summed E-state index contributed by atoms with van der Waals surface area (Å²) in [5.74, 6) is -0.665. The van der Waals surface area contributed by atoms with E-state index in [1.165, 1.54) is 18.2 Å². The van der Waals surface area contributed by atoms with Crippen molar-refractivity contribution in [1.29, 1.82) is 0 Å². The van der Waals surface area contributed by atoms with Crippen molar-refractivity contribution in [3.8, 4) is 0 Å². The number of nitrogens with two attached hydrogens (primary N) is 1. The number of nitrogens with zero attached hydrogens (tertiary/aromatic N) is 1. The van der Waals surface area contributed by atoms with Crippen molar-refractivity contribution in [2.24, 2.45) is 5.73 Å². The average molecular weight is 280 g/mol. The number of hydrogen-bond donors (Lipinski definition) is 1. The number of rotatable bonds is 4. The molecule has 0 spiro atoms. The summed E-state index contributed by atoms with van der Waals surface area (Å²) in [6.45, 7) is 6.86. The van der Waals surface area contributed by atoms with Crippen molar-refractivity contribution in [3.63, 3.8) is 0 Å². The minimum atomic E-state index is -1.53. The number of nitro groups is 1. The van der Waals surface area contributed by atoms with Crippen LogP contribution < -0.4 is 5.73 Å². The molecule has 2 N–H and O–H groups in total. The van der Waals surface area contributed by atoms with Crippen LogP contribution in [0.3, 0.4) is 0 Å². The number of hydrogen-bond acceptors (Lipinski definition) is 5. The Hall–Kier alpha value is -1.95. The fourth-order valence-electron chi connectivity index (χ4n) is 1.82. The van der Waals surface area contributed by atoms with Gasteiger partial charge >= 0.3 is 5.97 Å². The number of carbonyl (C=O) groups excluding carboxylic acids is 1. The molecule has 6 heteroatoms. The summed E-state index contributed by atoms with van der Waals surface area (Å²) in [6.07, 6.45) is 0.201. The predicted molar refractivity (Wildman–Crippen MR) is 75.1 cm³/mol. The highest BCUT2D eigenvalue weighted by atomic mass is 16.6. The molecule has 0 amide bonds. The van der Waals surface area contributed by atoms with E-state index >= 15 is 0 Å². The number of carbonyl (C=O) groups is 1. The molecule has 1 atom stereocenters. The molecule has 0 saturated heterocycles. The molecule has 0 unspecified atom stereocenters. The van der Waals surface area contributed by atoms with Gasteiger partial charge in [0.25, 0.3) is 5.69 Å². The second-order valence-electron chi connectivity index (χ2n) is 5.60. The van der Waals surface area contributed by atoms with E-state index in [1.807, 2.05) is 0 Å². The molecule has 6 nitrogen and oxygen atoms in total. The molecule has 0 aliphatic carbocycles. The zero-order valence-electron chi connectivity index (χ0n) is 12.2. The van der Waals surface area contributed by atoms with Gasteiger partial charge in [0.05, 0.1) is 10.5 Å². The molecule has 1 rings (SSSR count). The van der Waals surface area contributed by atoms with Crippen LogP contribution in [0.4, 0.5) is 5.69 Å². The molecule has 20 heavy (non-hydrogen) atoms. The van der Waals surface area contributed by atoms with Crippen LogP contribution in [0.5, 0.6) is 0 Å². The summed E-state index contributed by atoms with van der Waals surface area (Å²) in [6, 6.07) is 5.97. The minimum Gasteiger partial charge on any atom is -0.458 e. The maximum absolute atomic E-state index is 12.3. The lowest BCUT2D eigenvalue weighted by atomic mass is 9.87. The van der Waals surface area contributed by atoms with E-state index in [0.717, 1.165) is 0 Å². The highest BCUT2D eigenvalue weighted by molar-refractivity contribution is 5.84. The van der Waals surface area contributed by atoms with Crippen LogP contribution >= 0.6 is 0 Å². The van der Waals surface area contributed by atoms with Crippen molar-refractivity contribution in [3.05, 3.63) is 39.9 Å². The lowest BCUT2D eigenvalue weighted by molar-refractivity contribution is -0.386. The Morgan fingerprint density at radius 2 is 1.90 bits per heavy atom. The summed E-state index contributed by atoms with van der Waals surface area (Å²) in [5.41, 5.74) is 3.88. The quantitative estimate of drug-likeness (QED) is 0.519. The minimum absolute atomic E-state index is 0.168. The number of benzene rings is 1. The van der Waals surface area contributed by atoms with Crippen LogP contribution in [0.25, 0.3) is 0 Å². The molecule has 0 fully saturated rings. The summed E-state index contributed by atoms with van der Waals surface area (Å²) < 4.78 is 5.30. The van der Waals surface area contributed by atoms with Crippen molar-refractivity contribution < 1.29 is 14.5 Å². The number of esters is 1. The Labute approximate surface area is 118 Å². The third kappa shape index (κ3) is 3.33. The first kappa shape index (κ1) is 16.1. The van der Waals surface area contributed by atoms with Gasteiger partial charge in [0.15, 0.2) is 0 Å². The van der Waals surface area contributed by atoms with Crippen molar-refractivity contribution >= 4 is 11.7 Å². The molecule has 0 aliphatic rings. The third-order valence-electron chi connectivity index (χ3n) is 2.90. The third-order valence-corrected chi connectivity index (χ3v) is 2.90. The van der Waals surface area contributed by atoms with E-state index in [-0.39, 0.29) is 17.7 Å². The van der Waals surface area contributed by atoms with E-state index in [1.54, 1.807) is 33.8 Å². The second-order valence-corrected chi connectivity index (χ2v) is 5.60. The smallest absolute Gasteiger partial charge is 0.331 e. The molecule has 110 valence electrons. The number of para-hydroxylation sites is 1. The molecule has 0 heterocycles. The molecule has 0 bridgehead atoms. The molecule has 1 aromatic carbocycles. The summed E-state index contributed by atoms with van der Waals surface area (Å²) in [7, 11) is 0. The van der Waals surface area contributed by atoms with Gasteiger partial charge in [0.2, 0.25) is 0 Å². The molecule has 0 radical (unpaired) electrons. The normalized spacial score (nSPS) is 14.4. The van der Waals surface area contributed by atoms with Gasteiger partial charge in [0, 0.05) is 6.07 Å².